The molecule has 4 nitrogen and oxygen atoms in total. The van der Waals surface area contributed by atoms with E-state index < -0.39 is 19.3 Å². The van der Waals surface area contributed by atoms with Crippen LogP contribution in [0.2, 0.25) is 0 Å². The average molecular weight is 242 g/mol. The lowest BCUT2D eigenvalue weighted by Gasteiger charge is -2.14. The minimum absolute atomic E-state index is 0.231. The predicted octanol–water partition coefficient (Wildman–Crippen LogP) is 1.61. The number of hydrogen-bond acceptors (Lipinski definition) is 2. The highest BCUT2D eigenvalue weighted by atomic mass is 31.2. The van der Waals surface area contributed by atoms with Gasteiger partial charge in [0.05, 0.1) is 5.92 Å². The van der Waals surface area contributed by atoms with Gasteiger partial charge in [-0.2, -0.15) is 0 Å². The number of carboxylic acids is 1. The van der Waals surface area contributed by atoms with Crippen molar-refractivity contribution in [3.05, 3.63) is 29.8 Å². The summed E-state index contributed by atoms with van der Waals surface area (Å²) >= 11 is 0. The first-order chi connectivity index (χ1) is 7.33. The second kappa shape index (κ2) is 4.81. The Hall–Kier alpha value is -1.12. The second-order valence-electron chi connectivity index (χ2n) is 3.96. The quantitative estimate of drug-likeness (QED) is 0.786. The van der Waals surface area contributed by atoms with Crippen LogP contribution in [0.5, 0.6) is 0 Å². The van der Waals surface area contributed by atoms with E-state index >= 15 is 0 Å². The molecule has 5 heteroatoms. The molecule has 0 amide bonds. The van der Waals surface area contributed by atoms with E-state index in [4.69, 9.17) is 5.11 Å². The normalized spacial score (nSPS) is 16.4. The van der Waals surface area contributed by atoms with Crippen LogP contribution >= 0.6 is 7.37 Å². The van der Waals surface area contributed by atoms with Gasteiger partial charge in [0.2, 0.25) is 7.37 Å². The first kappa shape index (κ1) is 12.9. The van der Waals surface area contributed by atoms with Crippen LogP contribution in [0.15, 0.2) is 24.3 Å². The molecule has 0 fully saturated rings. The van der Waals surface area contributed by atoms with Crippen molar-refractivity contribution in [1.29, 1.82) is 0 Å². The number of aliphatic carboxylic acids is 1. The first-order valence-electron chi connectivity index (χ1n) is 4.95. The zero-order valence-electron chi connectivity index (χ0n) is 9.25. The monoisotopic (exact) mass is 242 g/mol. The molecule has 0 aliphatic heterocycles. The van der Waals surface area contributed by atoms with Crippen LogP contribution in [-0.4, -0.2) is 22.1 Å². The summed E-state index contributed by atoms with van der Waals surface area (Å²) in [7, 11) is -3.56. The van der Waals surface area contributed by atoms with E-state index in [2.05, 4.69) is 0 Å². The Labute approximate surface area is 94.4 Å². The molecule has 0 radical (unpaired) electrons. The van der Waals surface area contributed by atoms with Crippen molar-refractivity contribution in [2.75, 3.05) is 6.16 Å². The summed E-state index contributed by atoms with van der Waals surface area (Å²) in [6.07, 6.45) is -0.231. The maximum absolute atomic E-state index is 11.9. The number of rotatable bonds is 4. The van der Waals surface area contributed by atoms with E-state index in [0.717, 1.165) is 5.56 Å². The third-order valence-corrected chi connectivity index (χ3v) is 4.53. The Morgan fingerprint density at radius 2 is 1.88 bits per heavy atom. The molecule has 0 aliphatic rings. The Balaban J connectivity index is 2.89. The molecule has 0 bridgehead atoms. The highest BCUT2D eigenvalue weighted by Crippen LogP contribution is 2.41. The maximum Gasteiger partial charge on any atom is 0.306 e. The fourth-order valence-corrected chi connectivity index (χ4v) is 3.06. The van der Waals surface area contributed by atoms with E-state index in [1.165, 1.54) is 6.92 Å². The van der Waals surface area contributed by atoms with E-state index in [1.807, 2.05) is 6.92 Å². The number of carbonyl (C=O) groups is 1. The molecule has 0 aromatic heterocycles. The topological polar surface area (TPSA) is 74.6 Å². The molecule has 88 valence electrons. The number of carboxylic acid groups (broad SMARTS) is 1. The SMILES string of the molecule is Cc1ccc(P(=O)(O)CC(C)C(=O)O)cc1. The van der Waals surface area contributed by atoms with Gasteiger partial charge in [-0.05, 0) is 19.1 Å². The van der Waals surface area contributed by atoms with Crippen LogP contribution in [0, 0.1) is 12.8 Å². The Morgan fingerprint density at radius 1 is 1.38 bits per heavy atom. The number of benzene rings is 1. The van der Waals surface area contributed by atoms with E-state index in [0.29, 0.717) is 5.30 Å². The van der Waals surface area contributed by atoms with Gasteiger partial charge in [0.1, 0.15) is 0 Å². The van der Waals surface area contributed by atoms with Crippen molar-refractivity contribution in [2.24, 2.45) is 5.92 Å². The maximum atomic E-state index is 11.9. The van der Waals surface area contributed by atoms with Crippen LogP contribution in [0.3, 0.4) is 0 Å². The van der Waals surface area contributed by atoms with Crippen LogP contribution in [-0.2, 0) is 9.36 Å². The smallest absolute Gasteiger partial charge is 0.306 e. The van der Waals surface area contributed by atoms with E-state index in [-0.39, 0.29) is 6.16 Å². The average Bonchev–Trinajstić information content (AvgIpc) is 2.17. The lowest BCUT2D eigenvalue weighted by Crippen LogP contribution is -2.18. The number of aryl methyl sites for hydroxylation is 1. The van der Waals surface area contributed by atoms with Crippen molar-refractivity contribution in [3.63, 3.8) is 0 Å². The molecular formula is C11H15O4P. The summed E-state index contributed by atoms with van der Waals surface area (Å²) in [4.78, 5) is 20.4. The van der Waals surface area contributed by atoms with E-state index in [9.17, 15) is 14.3 Å². The van der Waals surface area contributed by atoms with Crippen molar-refractivity contribution in [3.8, 4) is 0 Å². The Bertz CT molecular complexity index is 424. The molecule has 0 aliphatic carbocycles. The lowest BCUT2D eigenvalue weighted by atomic mass is 10.2. The molecule has 16 heavy (non-hydrogen) atoms. The molecule has 2 N–H and O–H groups in total. The third kappa shape index (κ3) is 3.19. The summed E-state index contributed by atoms with van der Waals surface area (Å²) in [5.74, 6) is -1.88. The van der Waals surface area contributed by atoms with Crippen molar-refractivity contribution in [2.45, 2.75) is 13.8 Å². The molecule has 1 rings (SSSR count). The van der Waals surface area contributed by atoms with Gasteiger partial charge in [0.15, 0.2) is 0 Å². The minimum atomic E-state index is -3.56. The van der Waals surface area contributed by atoms with Gasteiger partial charge in [-0.15, -0.1) is 0 Å². The van der Waals surface area contributed by atoms with Crippen LogP contribution in [0.4, 0.5) is 0 Å². The zero-order chi connectivity index (χ0) is 12.3. The first-order valence-corrected chi connectivity index (χ1v) is 6.79. The zero-order valence-corrected chi connectivity index (χ0v) is 10.1. The fraction of sp³-hybridized carbons (Fsp3) is 0.364. The molecule has 0 saturated heterocycles. The van der Waals surface area contributed by atoms with Crippen molar-refractivity contribution in [1.82, 2.24) is 0 Å². The van der Waals surface area contributed by atoms with Gasteiger partial charge >= 0.3 is 5.97 Å². The van der Waals surface area contributed by atoms with Gasteiger partial charge in [-0.25, -0.2) is 0 Å². The highest BCUT2D eigenvalue weighted by Gasteiger charge is 2.27. The van der Waals surface area contributed by atoms with Gasteiger partial charge in [-0.1, -0.05) is 24.6 Å². The van der Waals surface area contributed by atoms with Gasteiger partial charge in [0.25, 0.3) is 0 Å². The summed E-state index contributed by atoms with van der Waals surface area (Å²) in [5.41, 5.74) is 0.995. The molecule has 0 spiro atoms. The molecular weight excluding hydrogens is 227 g/mol. The number of hydrogen-bond donors (Lipinski definition) is 2. The van der Waals surface area contributed by atoms with Crippen molar-refractivity contribution < 1.29 is 19.4 Å². The van der Waals surface area contributed by atoms with Crippen LogP contribution < -0.4 is 5.30 Å². The Kier molecular flexibility index (Phi) is 3.89. The molecule has 2 atom stereocenters. The second-order valence-corrected chi connectivity index (χ2v) is 6.24. The third-order valence-electron chi connectivity index (χ3n) is 2.38. The standard InChI is InChI=1S/C11H15O4P/c1-8-3-5-10(6-4-8)16(14,15)7-9(2)11(12)13/h3-6,9H,7H2,1-2H3,(H,12,13)(H,14,15). The van der Waals surface area contributed by atoms with E-state index in [1.54, 1.807) is 24.3 Å². The van der Waals surface area contributed by atoms with Crippen molar-refractivity contribution >= 4 is 18.6 Å². The molecule has 1 aromatic carbocycles. The minimum Gasteiger partial charge on any atom is -0.481 e. The van der Waals surface area contributed by atoms with Gasteiger partial charge < -0.3 is 10.00 Å². The largest absolute Gasteiger partial charge is 0.481 e. The molecule has 1 aromatic rings. The molecule has 0 saturated carbocycles. The Morgan fingerprint density at radius 3 is 2.31 bits per heavy atom. The highest BCUT2D eigenvalue weighted by molar-refractivity contribution is 7.66. The fourth-order valence-electron chi connectivity index (χ4n) is 1.33. The van der Waals surface area contributed by atoms with Gasteiger partial charge in [-0.3, -0.25) is 9.36 Å². The summed E-state index contributed by atoms with van der Waals surface area (Å²) in [5, 5.41) is 9.02. The molecule has 0 heterocycles. The van der Waals surface area contributed by atoms with Gasteiger partial charge in [0, 0.05) is 11.5 Å². The summed E-state index contributed by atoms with van der Waals surface area (Å²) in [6, 6.07) is 6.63. The summed E-state index contributed by atoms with van der Waals surface area (Å²) in [6.45, 7) is 3.31. The van der Waals surface area contributed by atoms with Crippen LogP contribution in [0.25, 0.3) is 0 Å². The van der Waals surface area contributed by atoms with Crippen LogP contribution in [0.1, 0.15) is 12.5 Å². The molecule has 2 unspecified atom stereocenters. The summed E-state index contributed by atoms with van der Waals surface area (Å²) < 4.78 is 11.9. The predicted molar refractivity (Wildman–Crippen MR) is 62.3 cm³/mol. The lowest BCUT2D eigenvalue weighted by molar-refractivity contribution is -0.140.